The largest absolute Gasteiger partial charge is 0.456 e. The SMILES string of the molecule is Cc1cccc(C)c1N1c2cc3c(cc2B2c4ccccc4N(c4ccccc4)c4cccc1c42)oc1cc(N(c2ccccc2)c2ccccc2)ccc13. The van der Waals surface area contributed by atoms with E-state index in [0.717, 1.165) is 44.7 Å². The minimum absolute atomic E-state index is 0.0118. The van der Waals surface area contributed by atoms with Gasteiger partial charge in [-0.1, -0.05) is 97.1 Å². The summed E-state index contributed by atoms with van der Waals surface area (Å²) in [4.78, 5) is 7.24. The van der Waals surface area contributed by atoms with Crippen LogP contribution in [0.3, 0.4) is 0 Å². The van der Waals surface area contributed by atoms with Crippen LogP contribution in [0.4, 0.5) is 51.2 Å². The Morgan fingerprint density at radius 3 is 1.73 bits per heavy atom. The van der Waals surface area contributed by atoms with Crippen molar-refractivity contribution < 1.29 is 4.42 Å². The van der Waals surface area contributed by atoms with Crippen LogP contribution in [-0.2, 0) is 0 Å². The second kappa shape index (κ2) is 12.3. The molecule has 3 heterocycles. The highest BCUT2D eigenvalue weighted by Crippen LogP contribution is 2.47. The number of fused-ring (bicyclic) bond motifs is 7. The minimum atomic E-state index is 0.0118. The lowest BCUT2D eigenvalue weighted by atomic mass is 9.33. The van der Waals surface area contributed by atoms with Crippen molar-refractivity contribution in [2.24, 2.45) is 0 Å². The lowest BCUT2D eigenvalue weighted by Gasteiger charge is -2.44. The Balaban J connectivity index is 1.17. The highest BCUT2D eigenvalue weighted by atomic mass is 16.3. The van der Waals surface area contributed by atoms with Crippen molar-refractivity contribution in [1.29, 1.82) is 0 Å². The zero-order valence-electron chi connectivity index (χ0n) is 30.6. The number of aryl methyl sites for hydroxylation is 2. The van der Waals surface area contributed by atoms with Crippen molar-refractivity contribution in [3.05, 3.63) is 193 Å². The molecule has 11 rings (SSSR count). The molecule has 9 aromatic rings. The Morgan fingerprint density at radius 1 is 0.436 bits per heavy atom. The molecule has 2 aliphatic heterocycles. The molecule has 0 N–H and O–H groups in total. The monoisotopic (exact) mass is 705 g/mol. The summed E-state index contributed by atoms with van der Waals surface area (Å²) in [6, 6.07) is 65.5. The molecule has 8 aromatic carbocycles. The van der Waals surface area contributed by atoms with Gasteiger partial charge in [0.2, 0.25) is 0 Å². The van der Waals surface area contributed by atoms with E-state index >= 15 is 0 Å². The molecule has 260 valence electrons. The maximum absolute atomic E-state index is 6.92. The molecule has 0 saturated carbocycles. The number of nitrogens with zero attached hydrogens (tertiary/aromatic N) is 3. The summed E-state index contributed by atoms with van der Waals surface area (Å²) in [7, 11) is 0. The van der Waals surface area contributed by atoms with Gasteiger partial charge in [0.05, 0.1) is 5.69 Å². The van der Waals surface area contributed by atoms with Crippen LogP contribution < -0.4 is 31.1 Å². The first kappa shape index (κ1) is 31.5. The van der Waals surface area contributed by atoms with E-state index in [1.54, 1.807) is 0 Å². The van der Waals surface area contributed by atoms with Gasteiger partial charge < -0.3 is 19.1 Å². The van der Waals surface area contributed by atoms with E-state index in [2.05, 4.69) is 211 Å². The number of rotatable bonds is 5. The number of para-hydroxylation sites is 5. The molecule has 0 spiro atoms. The first-order valence-electron chi connectivity index (χ1n) is 19.0. The van der Waals surface area contributed by atoms with Crippen molar-refractivity contribution in [1.82, 2.24) is 0 Å². The quantitative estimate of drug-likeness (QED) is 0.166. The molecule has 0 fully saturated rings. The summed E-state index contributed by atoms with van der Waals surface area (Å²) < 4.78 is 6.92. The second-order valence-corrected chi connectivity index (χ2v) is 14.6. The van der Waals surface area contributed by atoms with Crippen LogP contribution in [0.1, 0.15) is 11.1 Å². The topological polar surface area (TPSA) is 22.9 Å². The molecular weight excluding hydrogens is 669 g/mol. The van der Waals surface area contributed by atoms with E-state index in [1.165, 1.54) is 56.0 Å². The van der Waals surface area contributed by atoms with E-state index < -0.39 is 0 Å². The zero-order valence-corrected chi connectivity index (χ0v) is 30.6. The van der Waals surface area contributed by atoms with Crippen molar-refractivity contribution in [2.45, 2.75) is 13.8 Å². The fraction of sp³-hybridized carbons (Fsp3) is 0.0400. The molecule has 5 heteroatoms. The molecule has 0 atom stereocenters. The predicted molar refractivity (Wildman–Crippen MR) is 232 cm³/mol. The third-order valence-electron chi connectivity index (χ3n) is 11.4. The van der Waals surface area contributed by atoms with Gasteiger partial charge in [-0.3, -0.25) is 0 Å². The Labute approximate surface area is 321 Å². The second-order valence-electron chi connectivity index (χ2n) is 14.6. The number of furan rings is 1. The molecule has 0 aliphatic carbocycles. The normalized spacial score (nSPS) is 12.8. The first-order valence-corrected chi connectivity index (χ1v) is 19.0. The van der Waals surface area contributed by atoms with Gasteiger partial charge in [0.15, 0.2) is 0 Å². The smallest absolute Gasteiger partial charge is 0.252 e. The molecule has 0 radical (unpaired) electrons. The summed E-state index contributed by atoms with van der Waals surface area (Å²) in [6.45, 7) is 4.47. The molecule has 2 aliphatic rings. The average molecular weight is 706 g/mol. The Morgan fingerprint density at radius 2 is 1.02 bits per heavy atom. The van der Waals surface area contributed by atoms with E-state index in [-0.39, 0.29) is 6.71 Å². The summed E-state index contributed by atoms with van der Waals surface area (Å²) in [5.74, 6) is 0. The molecule has 0 amide bonds. The Kier molecular flexibility index (Phi) is 7.05. The lowest BCUT2D eigenvalue weighted by molar-refractivity contribution is 0.669. The highest BCUT2D eigenvalue weighted by molar-refractivity contribution is 7.00. The predicted octanol–water partition coefficient (Wildman–Crippen LogP) is 11.8. The Hall–Kier alpha value is -6.98. The van der Waals surface area contributed by atoms with Crippen LogP contribution in [0.25, 0.3) is 21.9 Å². The van der Waals surface area contributed by atoms with Crippen LogP contribution in [0.5, 0.6) is 0 Å². The number of anilines is 9. The molecule has 0 unspecified atom stereocenters. The number of benzene rings is 8. The fourth-order valence-corrected chi connectivity index (χ4v) is 9.14. The van der Waals surface area contributed by atoms with Gasteiger partial charge in [-0.2, -0.15) is 0 Å². The third-order valence-corrected chi connectivity index (χ3v) is 11.4. The standard InChI is InChI=1S/C50H36BN3O/c1-33-16-14-17-34(2)50(33)54-45-27-15-26-44-49(45)51(41-24-12-13-25-43(41)53(44)37-22-10-5-11-23-37)42-32-48-40(31-46(42)54)39-29-28-38(30-47(39)55-48)52(35-18-6-3-7-19-35)36-20-8-4-9-21-36/h3-32H,1-2H3. The van der Waals surface area contributed by atoms with Crippen molar-refractivity contribution in [2.75, 3.05) is 14.7 Å². The van der Waals surface area contributed by atoms with Gasteiger partial charge in [0, 0.05) is 62.3 Å². The molecule has 0 bridgehead atoms. The maximum atomic E-state index is 6.92. The molecule has 0 saturated heterocycles. The van der Waals surface area contributed by atoms with Crippen LogP contribution in [0.2, 0.25) is 0 Å². The minimum Gasteiger partial charge on any atom is -0.456 e. The molecule has 4 nitrogen and oxygen atoms in total. The summed E-state index contributed by atoms with van der Waals surface area (Å²) in [5, 5.41) is 2.21. The maximum Gasteiger partial charge on any atom is 0.252 e. The van der Waals surface area contributed by atoms with Gasteiger partial charge in [0.25, 0.3) is 6.71 Å². The Bertz CT molecular complexity index is 2860. The fourth-order valence-electron chi connectivity index (χ4n) is 9.14. The molecular formula is C50H36BN3O. The number of hydrogen-bond acceptors (Lipinski definition) is 4. The van der Waals surface area contributed by atoms with E-state index in [0.29, 0.717) is 0 Å². The van der Waals surface area contributed by atoms with E-state index in [1.807, 2.05) is 0 Å². The van der Waals surface area contributed by atoms with Gasteiger partial charge in [0.1, 0.15) is 11.2 Å². The first-order chi connectivity index (χ1) is 27.1. The van der Waals surface area contributed by atoms with Gasteiger partial charge in [-0.25, -0.2) is 0 Å². The van der Waals surface area contributed by atoms with E-state index in [9.17, 15) is 0 Å². The number of hydrogen-bond donors (Lipinski definition) is 0. The van der Waals surface area contributed by atoms with Crippen molar-refractivity contribution in [3.63, 3.8) is 0 Å². The molecule has 1 aromatic heterocycles. The van der Waals surface area contributed by atoms with Crippen LogP contribution in [0.15, 0.2) is 186 Å². The highest BCUT2D eigenvalue weighted by Gasteiger charge is 2.43. The zero-order chi connectivity index (χ0) is 36.6. The van der Waals surface area contributed by atoms with Crippen molar-refractivity contribution in [3.8, 4) is 0 Å². The van der Waals surface area contributed by atoms with Gasteiger partial charge in [-0.05, 0) is 120 Å². The van der Waals surface area contributed by atoms with Crippen LogP contribution in [0, 0.1) is 13.8 Å². The van der Waals surface area contributed by atoms with Crippen molar-refractivity contribution >= 4 is 96.2 Å². The third kappa shape index (κ3) is 4.79. The van der Waals surface area contributed by atoms with Crippen LogP contribution >= 0.6 is 0 Å². The van der Waals surface area contributed by atoms with Gasteiger partial charge in [-0.15, -0.1) is 0 Å². The average Bonchev–Trinajstić information content (AvgIpc) is 3.58. The summed E-state index contributed by atoms with van der Waals surface area (Å²) in [5.41, 5.74) is 18.5. The molecule has 55 heavy (non-hydrogen) atoms. The summed E-state index contributed by atoms with van der Waals surface area (Å²) >= 11 is 0. The van der Waals surface area contributed by atoms with Crippen LogP contribution in [-0.4, -0.2) is 6.71 Å². The van der Waals surface area contributed by atoms with E-state index in [4.69, 9.17) is 4.42 Å². The lowest BCUT2D eigenvalue weighted by Crippen LogP contribution is -2.61. The summed E-state index contributed by atoms with van der Waals surface area (Å²) in [6.07, 6.45) is 0. The van der Waals surface area contributed by atoms with Gasteiger partial charge >= 0.3 is 0 Å².